The first kappa shape index (κ1) is 15.2. The van der Waals surface area contributed by atoms with E-state index in [2.05, 4.69) is 20.5 Å². The lowest BCUT2D eigenvalue weighted by Gasteiger charge is -2.33. The predicted molar refractivity (Wildman–Crippen MR) is 79.7 cm³/mol. The van der Waals surface area contributed by atoms with Crippen LogP contribution >= 0.6 is 0 Å². The fourth-order valence-electron chi connectivity index (χ4n) is 2.32. The lowest BCUT2D eigenvalue weighted by atomic mass is 10.0. The van der Waals surface area contributed by atoms with Crippen LogP contribution in [-0.2, 0) is 9.59 Å². The molecule has 2 rings (SSSR count). The molecule has 0 bridgehead atoms. The third-order valence-corrected chi connectivity index (χ3v) is 3.46. The highest BCUT2D eigenvalue weighted by atomic mass is 16.2. The molecule has 4 N–H and O–H groups in total. The summed E-state index contributed by atoms with van der Waals surface area (Å²) in [7, 11) is 0. The van der Waals surface area contributed by atoms with Crippen molar-refractivity contribution in [1.82, 2.24) is 15.6 Å². The van der Waals surface area contributed by atoms with E-state index in [0.717, 1.165) is 31.7 Å². The fourth-order valence-corrected chi connectivity index (χ4v) is 2.32. The monoisotopic (exact) mass is 291 g/mol. The lowest BCUT2D eigenvalue weighted by Crippen LogP contribution is -2.48. The Morgan fingerprint density at radius 3 is 2.67 bits per heavy atom. The van der Waals surface area contributed by atoms with E-state index < -0.39 is 0 Å². The summed E-state index contributed by atoms with van der Waals surface area (Å²) in [4.78, 5) is 29.2. The molecule has 1 aromatic rings. The number of nitrogens with zero attached hydrogens (tertiary/aromatic N) is 2. The first-order valence-corrected chi connectivity index (χ1v) is 7.11. The van der Waals surface area contributed by atoms with Crippen LogP contribution in [0, 0.1) is 0 Å². The zero-order valence-electron chi connectivity index (χ0n) is 11.9. The van der Waals surface area contributed by atoms with Gasteiger partial charge in [-0.15, -0.1) is 0 Å². The molecule has 1 aliphatic rings. The van der Waals surface area contributed by atoms with Crippen LogP contribution in [-0.4, -0.2) is 49.0 Å². The molecule has 0 radical (unpaired) electrons. The van der Waals surface area contributed by atoms with Crippen molar-refractivity contribution in [3.63, 3.8) is 0 Å². The highest BCUT2D eigenvalue weighted by Crippen LogP contribution is 2.16. The molecule has 21 heavy (non-hydrogen) atoms. The average Bonchev–Trinajstić information content (AvgIpc) is 2.54. The lowest BCUT2D eigenvalue weighted by molar-refractivity contribution is -0.125. The van der Waals surface area contributed by atoms with Crippen molar-refractivity contribution in [2.45, 2.75) is 18.9 Å². The molecule has 0 spiro atoms. The van der Waals surface area contributed by atoms with Gasteiger partial charge in [-0.2, -0.15) is 0 Å². The van der Waals surface area contributed by atoms with Gasteiger partial charge in [0.15, 0.2) is 0 Å². The molecular weight excluding hydrogens is 270 g/mol. The Labute approximate surface area is 123 Å². The molecule has 7 heteroatoms. The minimum atomic E-state index is -0.324. The van der Waals surface area contributed by atoms with Gasteiger partial charge in [-0.3, -0.25) is 9.59 Å². The highest BCUT2D eigenvalue weighted by Gasteiger charge is 2.21. The second kappa shape index (κ2) is 7.58. The average molecular weight is 291 g/mol. The SMILES string of the molecule is NCC(=O)NCC(=O)NC1CCN(c2ccccn2)CC1. The van der Waals surface area contributed by atoms with Gasteiger partial charge in [-0.25, -0.2) is 4.98 Å². The number of nitrogens with two attached hydrogens (primary N) is 1. The first-order chi connectivity index (χ1) is 10.2. The molecule has 1 aromatic heterocycles. The van der Waals surface area contributed by atoms with Crippen LogP contribution in [0.1, 0.15) is 12.8 Å². The van der Waals surface area contributed by atoms with Gasteiger partial charge in [0.25, 0.3) is 0 Å². The molecule has 0 unspecified atom stereocenters. The van der Waals surface area contributed by atoms with Crippen molar-refractivity contribution in [3.8, 4) is 0 Å². The van der Waals surface area contributed by atoms with Gasteiger partial charge in [-0.05, 0) is 25.0 Å². The van der Waals surface area contributed by atoms with Crippen molar-refractivity contribution >= 4 is 17.6 Å². The molecule has 2 heterocycles. The van der Waals surface area contributed by atoms with E-state index in [1.54, 1.807) is 6.20 Å². The number of amides is 2. The zero-order valence-corrected chi connectivity index (χ0v) is 11.9. The number of aromatic nitrogens is 1. The molecule has 1 fully saturated rings. The summed E-state index contributed by atoms with van der Waals surface area (Å²) in [6.07, 6.45) is 3.52. The zero-order chi connectivity index (χ0) is 15.1. The smallest absolute Gasteiger partial charge is 0.239 e. The quantitative estimate of drug-likeness (QED) is 0.662. The normalized spacial score (nSPS) is 15.6. The number of hydrogen-bond donors (Lipinski definition) is 3. The van der Waals surface area contributed by atoms with Crippen LogP contribution < -0.4 is 21.3 Å². The third kappa shape index (κ3) is 4.71. The first-order valence-electron chi connectivity index (χ1n) is 7.11. The number of rotatable bonds is 5. The number of nitrogens with one attached hydrogen (secondary N) is 2. The van der Waals surface area contributed by atoms with Crippen molar-refractivity contribution in [2.24, 2.45) is 5.73 Å². The molecule has 0 aromatic carbocycles. The molecule has 1 aliphatic heterocycles. The molecule has 1 saturated heterocycles. The van der Waals surface area contributed by atoms with Crippen LogP contribution in [0.3, 0.4) is 0 Å². The Morgan fingerprint density at radius 1 is 1.29 bits per heavy atom. The van der Waals surface area contributed by atoms with E-state index >= 15 is 0 Å². The van der Waals surface area contributed by atoms with Crippen LogP contribution in [0.5, 0.6) is 0 Å². The summed E-state index contributed by atoms with van der Waals surface area (Å²) in [5.41, 5.74) is 5.16. The van der Waals surface area contributed by atoms with E-state index in [9.17, 15) is 9.59 Å². The van der Waals surface area contributed by atoms with Gasteiger partial charge in [0, 0.05) is 25.3 Å². The van der Waals surface area contributed by atoms with Crippen LogP contribution in [0.25, 0.3) is 0 Å². The fraction of sp³-hybridized carbons (Fsp3) is 0.500. The van der Waals surface area contributed by atoms with Crippen LogP contribution in [0.2, 0.25) is 0 Å². The summed E-state index contributed by atoms with van der Waals surface area (Å²) in [5, 5.41) is 5.39. The number of carbonyl (C=O) groups excluding carboxylic acids is 2. The van der Waals surface area contributed by atoms with Gasteiger partial charge >= 0.3 is 0 Å². The molecule has 114 valence electrons. The van der Waals surface area contributed by atoms with E-state index in [-0.39, 0.29) is 30.9 Å². The summed E-state index contributed by atoms with van der Waals surface area (Å²) < 4.78 is 0. The maximum Gasteiger partial charge on any atom is 0.239 e. The van der Waals surface area contributed by atoms with Gasteiger partial charge in [-0.1, -0.05) is 6.07 Å². The summed E-state index contributed by atoms with van der Waals surface area (Å²) in [6, 6.07) is 6.00. The second-order valence-electron chi connectivity index (χ2n) is 5.00. The largest absolute Gasteiger partial charge is 0.356 e. The summed E-state index contributed by atoms with van der Waals surface area (Å²) in [5.74, 6) is 0.473. The second-order valence-corrected chi connectivity index (χ2v) is 5.00. The van der Waals surface area contributed by atoms with Crippen molar-refractivity contribution in [2.75, 3.05) is 31.1 Å². The Bertz CT molecular complexity index is 472. The Morgan fingerprint density at radius 2 is 2.05 bits per heavy atom. The number of carbonyl (C=O) groups is 2. The summed E-state index contributed by atoms with van der Waals surface area (Å²) >= 11 is 0. The van der Waals surface area contributed by atoms with E-state index in [1.807, 2.05) is 18.2 Å². The molecule has 7 nitrogen and oxygen atoms in total. The predicted octanol–water partition coefficient (Wildman–Crippen LogP) is -0.758. The van der Waals surface area contributed by atoms with E-state index in [4.69, 9.17) is 5.73 Å². The highest BCUT2D eigenvalue weighted by molar-refractivity contribution is 5.85. The number of piperidine rings is 1. The minimum Gasteiger partial charge on any atom is -0.356 e. The Kier molecular flexibility index (Phi) is 5.51. The Balaban J connectivity index is 1.72. The Hall–Kier alpha value is -2.15. The van der Waals surface area contributed by atoms with Gasteiger partial charge in [0.05, 0.1) is 13.1 Å². The van der Waals surface area contributed by atoms with Crippen molar-refractivity contribution in [3.05, 3.63) is 24.4 Å². The number of hydrogen-bond acceptors (Lipinski definition) is 5. The van der Waals surface area contributed by atoms with Crippen molar-refractivity contribution in [1.29, 1.82) is 0 Å². The van der Waals surface area contributed by atoms with Gasteiger partial charge in [0.1, 0.15) is 5.82 Å². The molecule has 0 atom stereocenters. The minimum absolute atomic E-state index is 0.0174. The van der Waals surface area contributed by atoms with E-state index in [1.165, 1.54) is 0 Å². The topological polar surface area (TPSA) is 100 Å². The number of anilines is 1. The molecule has 0 aliphatic carbocycles. The van der Waals surface area contributed by atoms with E-state index in [0.29, 0.717) is 0 Å². The standard InChI is InChI=1S/C14H21N5O2/c15-9-13(20)17-10-14(21)18-11-4-7-19(8-5-11)12-3-1-2-6-16-12/h1-3,6,11H,4-5,7-10,15H2,(H,17,20)(H,18,21). The maximum absolute atomic E-state index is 11.7. The van der Waals surface area contributed by atoms with Crippen LogP contribution in [0.15, 0.2) is 24.4 Å². The van der Waals surface area contributed by atoms with Crippen LogP contribution in [0.4, 0.5) is 5.82 Å². The van der Waals surface area contributed by atoms with Crippen molar-refractivity contribution < 1.29 is 9.59 Å². The van der Waals surface area contributed by atoms with Gasteiger partial charge < -0.3 is 21.3 Å². The molecule has 0 saturated carbocycles. The number of pyridine rings is 1. The maximum atomic E-state index is 11.7. The van der Waals surface area contributed by atoms with Gasteiger partial charge in [0.2, 0.25) is 11.8 Å². The molecule has 2 amide bonds. The molecular formula is C14H21N5O2. The summed E-state index contributed by atoms with van der Waals surface area (Å²) in [6.45, 7) is 1.60. The third-order valence-electron chi connectivity index (χ3n) is 3.46.